The molecule has 7 nitrogen and oxygen atoms in total. The quantitative estimate of drug-likeness (QED) is 0.735. The molecule has 1 saturated heterocycles. The number of fused-ring (bicyclic) bond motifs is 5. The maximum Gasteiger partial charge on any atom is 0.206 e. The number of nitrogens with zero attached hydrogens (tertiary/aromatic N) is 4. The maximum atomic E-state index is 16.0. The molecule has 176 valence electrons. The lowest BCUT2D eigenvalue weighted by atomic mass is 9.69. The second kappa shape index (κ2) is 8.08. The Balaban J connectivity index is 1.41. The molecule has 1 spiro atoms. The number of morpholine rings is 1. The predicted octanol–water partition coefficient (Wildman–Crippen LogP) is 4.60. The lowest BCUT2D eigenvalue weighted by Crippen LogP contribution is -2.65. The SMILES string of the molecule is C[C@H]1CN2c3c(cc4c(NCC5CCCCC5)noc4c3F)CC3(C=NCN=C3)[C@@H]2[C@@H](C)O1. The van der Waals surface area contributed by atoms with Gasteiger partial charge in [-0.15, -0.1) is 0 Å². The first-order valence-corrected chi connectivity index (χ1v) is 12.3. The fourth-order valence-corrected chi connectivity index (χ4v) is 6.55. The molecule has 0 radical (unpaired) electrons. The Hall–Kier alpha value is -2.48. The highest BCUT2D eigenvalue weighted by molar-refractivity contribution is 5.97. The van der Waals surface area contributed by atoms with Gasteiger partial charge in [-0.2, -0.15) is 0 Å². The van der Waals surface area contributed by atoms with Crippen LogP contribution < -0.4 is 10.2 Å². The zero-order valence-electron chi connectivity index (χ0n) is 19.4. The van der Waals surface area contributed by atoms with E-state index in [1.54, 1.807) is 0 Å². The van der Waals surface area contributed by atoms with E-state index in [2.05, 4.69) is 38.3 Å². The summed E-state index contributed by atoms with van der Waals surface area (Å²) < 4.78 is 27.8. The minimum absolute atomic E-state index is 0.00531. The summed E-state index contributed by atoms with van der Waals surface area (Å²) in [4.78, 5) is 11.2. The summed E-state index contributed by atoms with van der Waals surface area (Å²) in [6.07, 6.45) is 10.9. The third kappa shape index (κ3) is 3.45. The van der Waals surface area contributed by atoms with Crippen LogP contribution in [0.15, 0.2) is 20.6 Å². The zero-order valence-corrected chi connectivity index (χ0v) is 19.4. The topological polar surface area (TPSA) is 75.2 Å². The van der Waals surface area contributed by atoms with Gasteiger partial charge in [0.25, 0.3) is 0 Å². The number of aliphatic imine (C=N–C) groups is 2. The monoisotopic (exact) mass is 453 g/mol. The van der Waals surface area contributed by atoms with Gasteiger partial charge >= 0.3 is 0 Å². The molecule has 0 amide bonds. The Morgan fingerprint density at radius 3 is 2.76 bits per heavy atom. The third-order valence-electron chi connectivity index (χ3n) is 7.88. The van der Waals surface area contributed by atoms with Crippen molar-refractivity contribution < 1.29 is 13.7 Å². The molecule has 1 aromatic heterocycles. The number of aromatic nitrogens is 1. The van der Waals surface area contributed by atoms with Crippen molar-refractivity contribution in [2.24, 2.45) is 21.3 Å². The molecule has 2 aromatic rings. The van der Waals surface area contributed by atoms with Gasteiger partial charge in [-0.1, -0.05) is 24.4 Å². The van der Waals surface area contributed by atoms with Gasteiger partial charge in [0.1, 0.15) is 6.67 Å². The van der Waals surface area contributed by atoms with E-state index in [1.165, 1.54) is 32.1 Å². The Labute approximate surface area is 193 Å². The van der Waals surface area contributed by atoms with Gasteiger partial charge < -0.3 is 19.5 Å². The number of nitrogens with one attached hydrogen (secondary N) is 1. The van der Waals surface area contributed by atoms with E-state index >= 15 is 4.39 Å². The highest BCUT2D eigenvalue weighted by atomic mass is 19.1. The minimum atomic E-state index is -0.419. The number of ether oxygens (including phenoxy) is 1. The molecule has 0 bridgehead atoms. The molecule has 4 aliphatic rings. The first-order chi connectivity index (χ1) is 16.1. The van der Waals surface area contributed by atoms with Gasteiger partial charge in [0.05, 0.1) is 34.7 Å². The average Bonchev–Trinajstić information content (AvgIpc) is 3.21. The highest BCUT2D eigenvalue weighted by Gasteiger charge is 2.52. The second-order valence-corrected chi connectivity index (χ2v) is 10.3. The van der Waals surface area contributed by atoms with E-state index in [0.717, 1.165) is 17.5 Å². The van der Waals surface area contributed by atoms with E-state index in [9.17, 15) is 0 Å². The Kier molecular flexibility index (Phi) is 5.16. The fourth-order valence-electron chi connectivity index (χ4n) is 6.55. The molecule has 4 heterocycles. The maximum absolute atomic E-state index is 16.0. The summed E-state index contributed by atoms with van der Waals surface area (Å²) >= 11 is 0. The second-order valence-electron chi connectivity index (χ2n) is 10.3. The van der Waals surface area contributed by atoms with Crippen LogP contribution in [0.25, 0.3) is 11.0 Å². The van der Waals surface area contributed by atoms with Crippen molar-refractivity contribution in [3.05, 3.63) is 17.4 Å². The van der Waals surface area contributed by atoms with E-state index in [4.69, 9.17) is 9.26 Å². The zero-order chi connectivity index (χ0) is 22.6. The number of benzene rings is 1. The molecule has 1 aromatic carbocycles. The first kappa shape index (κ1) is 21.1. The van der Waals surface area contributed by atoms with Crippen LogP contribution in [-0.2, 0) is 11.2 Å². The normalized spacial score (nSPS) is 28.8. The molecule has 1 aliphatic carbocycles. The Morgan fingerprint density at radius 2 is 1.97 bits per heavy atom. The van der Waals surface area contributed by atoms with E-state index in [-0.39, 0.29) is 29.7 Å². The minimum Gasteiger partial charge on any atom is -0.372 e. The van der Waals surface area contributed by atoms with E-state index in [1.807, 2.05) is 19.4 Å². The van der Waals surface area contributed by atoms with Crippen LogP contribution in [-0.4, -0.2) is 55.6 Å². The van der Waals surface area contributed by atoms with E-state index < -0.39 is 5.41 Å². The van der Waals surface area contributed by atoms with Gasteiger partial charge in [0.2, 0.25) is 5.58 Å². The molecular weight excluding hydrogens is 421 g/mol. The number of anilines is 2. The van der Waals surface area contributed by atoms with Gasteiger partial charge in [0, 0.05) is 25.5 Å². The molecular formula is C25H32FN5O2. The van der Waals surface area contributed by atoms with Crippen LogP contribution in [0.3, 0.4) is 0 Å². The van der Waals surface area contributed by atoms with Crippen molar-refractivity contribution in [2.75, 3.05) is 30.0 Å². The van der Waals surface area contributed by atoms with Gasteiger partial charge in [-0.3, -0.25) is 9.98 Å². The molecule has 0 unspecified atom stereocenters. The fraction of sp³-hybridized carbons (Fsp3) is 0.640. The molecule has 6 rings (SSSR count). The predicted molar refractivity (Wildman–Crippen MR) is 128 cm³/mol. The number of hydrogen-bond donors (Lipinski definition) is 1. The summed E-state index contributed by atoms with van der Waals surface area (Å²) in [5, 5.41) is 8.40. The molecule has 1 saturated carbocycles. The first-order valence-electron chi connectivity index (χ1n) is 12.3. The van der Waals surface area contributed by atoms with Crippen LogP contribution in [0, 0.1) is 17.2 Å². The van der Waals surface area contributed by atoms with Crippen molar-refractivity contribution in [1.82, 2.24) is 5.16 Å². The number of halogens is 1. The summed E-state index contributed by atoms with van der Waals surface area (Å²) in [6.45, 7) is 6.00. The van der Waals surface area contributed by atoms with E-state index in [0.29, 0.717) is 37.1 Å². The molecule has 1 N–H and O–H groups in total. The number of hydrogen-bond acceptors (Lipinski definition) is 7. The molecule has 3 aliphatic heterocycles. The molecule has 2 fully saturated rings. The van der Waals surface area contributed by atoms with Crippen molar-refractivity contribution in [3.63, 3.8) is 0 Å². The lowest BCUT2D eigenvalue weighted by molar-refractivity contribution is -0.0432. The smallest absolute Gasteiger partial charge is 0.206 e. The van der Waals surface area contributed by atoms with Crippen LogP contribution in [0.4, 0.5) is 15.9 Å². The summed E-state index contributed by atoms with van der Waals surface area (Å²) in [7, 11) is 0. The third-order valence-corrected chi connectivity index (χ3v) is 7.88. The van der Waals surface area contributed by atoms with Crippen molar-refractivity contribution in [2.45, 2.75) is 70.6 Å². The molecule has 3 atom stereocenters. The van der Waals surface area contributed by atoms with Crippen molar-refractivity contribution >= 4 is 34.9 Å². The highest BCUT2D eigenvalue weighted by Crippen LogP contribution is 2.47. The molecule has 33 heavy (non-hydrogen) atoms. The Morgan fingerprint density at radius 1 is 1.18 bits per heavy atom. The number of rotatable bonds is 3. The average molecular weight is 454 g/mol. The van der Waals surface area contributed by atoms with Crippen molar-refractivity contribution in [3.8, 4) is 0 Å². The lowest BCUT2D eigenvalue weighted by Gasteiger charge is -2.54. The Bertz CT molecular complexity index is 1090. The van der Waals surface area contributed by atoms with Crippen molar-refractivity contribution in [1.29, 1.82) is 0 Å². The molecule has 8 heteroatoms. The van der Waals surface area contributed by atoms with Gasteiger partial charge in [0.15, 0.2) is 11.6 Å². The van der Waals surface area contributed by atoms with Gasteiger partial charge in [-0.05, 0) is 50.7 Å². The van der Waals surface area contributed by atoms with Crippen LogP contribution in [0.1, 0.15) is 51.5 Å². The largest absolute Gasteiger partial charge is 0.372 e. The summed E-state index contributed by atoms with van der Waals surface area (Å²) in [5.41, 5.74) is 1.37. The van der Waals surface area contributed by atoms with Gasteiger partial charge in [-0.25, -0.2) is 4.39 Å². The summed E-state index contributed by atoms with van der Waals surface area (Å²) in [5.74, 6) is 0.956. The van der Waals surface area contributed by atoms with Crippen LogP contribution in [0.5, 0.6) is 0 Å². The van der Waals surface area contributed by atoms with Crippen LogP contribution in [0.2, 0.25) is 0 Å². The standard InChI is InChI=1S/C25H32FN5O2/c1-15-11-31-21-18(9-25(12-27-14-28-13-25)23(31)16(2)32-15)8-19-22(20(21)26)33-30-24(19)29-10-17-6-4-3-5-7-17/h8,12-13,15-17,23H,3-7,9-11,14H2,1-2H3,(H,29,30)/t15-,16+,23-/m0/s1. The summed E-state index contributed by atoms with van der Waals surface area (Å²) in [6, 6.07) is 1.99. The van der Waals surface area contributed by atoms with Crippen LogP contribution >= 0.6 is 0 Å².